The number of likely N-dealkylation sites (N-methyl/N-ethyl adjacent to an activating group) is 4. The average molecular weight is 1380 g/mol. The van der Waals surface area contributed by atoms with E-state index in [1.54, 1.807) is 20.8 Å². The maximum Gasteiger partial charge on any atom is 0.410 e. The number of carboxylic acid groups (broad SMARTS) is 1. The Morgan fingerprint density at radius 3 is 1.34 bits per heavy atom. The van der Waals surface area contributed by atoms with Crippen LogP contribution >= 0.6 is 0 Å². The third-order valence-corrected chi connectivity index (χ3v) is 17.3. The highest BCUT2D eigenvalue weighted by Gasteiger charge is 2.43. The third kappa shape index (κ3) is 28.3. The van der Waals surface area contributed by atoms with Gasteiger partial charge in [0.1, 0.15) is 47.7 Å². The van der Waals surface area contributed by atoms with Gasteiger partial charge in [0.25, 0.3) is 11.8 Å². The van der Waals surface area contributed by atoms with E-state index in [1.165, 1.54) is 66.3 Å². The number of carbonyl (C=O) groups excluding carboxylic acids is 8. The smallest absolute Gasteiger partial charge is 0.410 e. The molecule has 3 amide bonds. The summed E-state index contributed by atoms with van der Waals surface area (Å²) in [6, 6.07) is 20.0. The van der Waals surface area contributed by atoms with Crippen LogP contribution in [0, 0.1) is 11.8 Å². The van der Waals surface area contributed by atoms with Gasteiger partial charge in [-0.3, -0.25) is 19.3 Å². The van der Waals surface area contributed by atoms with Crippen LogP contribution in [-0.2, 0) is 95.7 Å². The molecular weight excluding hydrogens is 1270 g/mol. The molecule has 0 spiro atoms. The summed E-state index contributed by atoms with van der Waals surface area (Å²) >= 11 is 0. The second-order valence-electron chi connectivity index (χ2n) is 27.9. The van der Waals surface area contributed by atoms with Crippen molar-refractivity contribution in [3.8, 4) is 0 Å². The predicted octanol–water partition coefficient (Wildman–Crippen LogP) is 10.6. The summed E-state index contributed by atoms with van der Waals surface area (Å²) in [5.74, 6) is -5.69. The molecule has 4 fully saturated rings. The Kier molecular flexibility index (Phi) is 32.7. The molecule has 4 aliphatic rings. The Labute approximate surface area is 577 Å². The van der Waals surface area contributed by atoms with E-state index in [1.807, 2.05) is 78.9 Å². The second kappa shape index (κ2) is 38.7. The first-order chi connectivity index (χ1) is 45.3. The molecule has 2 aliphatic carbocycles. The van der Waals surface area contributed by atoms with Crippen LogP contribution in [-0.4, -0.2) is 195 Å². The van der Waals surface area contributed by atoms with Crippen LogP contribution in [0.25, 0.3) is 0 Å². The molecule has 2 saturated carbocycles. The fourth-order valence-corrected chi connectivity index (χ4v) is 11.4. The number of halogens is 2. The SMILES string of the molecule is C.C.CN(C(=O)OC(C)(C)C)[C@@H](CC(C)(C)F)C(=O)O[C@H](Cc1ccc(C2CCOCC2)cc1)C(=O)N(C)[C@@H](CC1CC1)C(=O)OCC(=O)O.CN[C@@H](CC(C)(C)F)C(=O)O[C@H](Cc1ccc(C2CCOCC2)cc1)C(=O)N(C)[C@@H](CC1CC1)C(=O)OCC(=O)OCc1ccccc1. The van der Waals surface area contributed by atoms with Crippen molar-refractivity contribution in [3.63, 3.8) is 0 Å². The Morgan fingerprint density at radius 1 is 0.531 bits per heavy atom. The van der Waals surface area contributed by atoms with Crippen LogP contribution in [0.15, 0.2) is 78.9 Å². The van der Waals surface area contributed by atoms with Gasteiger partial charge >= 0.3 is 41.9 Å². The number of carbonyl (C=O) groups is 9. The van der Waals surface area contributed by atoms with Crippen molar-refractivity contribution in [1.82, 2.24) is 20.0 Å². The molecule has 3 aromatic carbocycles. The maximum absolute atomic E-state index is 15.0. The summed E-state index contributed by atoms with van der Waals surface area (Å²) in [5.41, 5.74) is 0.0604. The van der Waals surface area contributed by atoms with Gasteiger partial charge in [0.2, 0.25) is 0 Å². The van der Waals surface area contributed by atoms with Crippen LogP contribution in [0.3, 0.4) is 0 Å². The molecule has 98 heavy (non-hydrogen) atoms. The van der Waals surface area contributed by atoms with Gasteiger partial charge in [-0.2, -0.15) is 0 Å². The highest BCUT2D eigenvalue weighted by atomic mass is 19.1. The molecule has 0 bridgehead atoms. The topological polar surface area (TPSA) is 269 Å². The quantitative estimate of drug-likeness (QED) is 0.0434. The number of hydrogen-bond acceptors (Lipinski definition) is 18. The summed E-state index contributed by atoms with van der Waals surface area (Å²) < 4.78 is 73.1. The molecule has 2 aliphatic heterocycles. The lowest BCUT2D eigenvalue weighted by Gasteiger charge is -2.34. The van der Waals surface area contributed by atoms with Crippen LogP contribution in [0.1, 0.15) is 180 Å². The minimum absolute atomic E-state index is 0. The summed E-state index contributed by atoms with van der Waals surface area (Å²) in [6.45, 7) is 11.6. The fraction of sp³-hybridized carbons (Fsp3) is 0.635. The molecule has 6 atom stereocenters. The molecule has 7 rings (SSSR count). The van der Waals surface area contributed by atoms with Crippen LogP contribution in [0.2, 0.25) is 0 Å². The van der Waals surface area contributed by atoms with E-state index in [4.69, 9.17) is 43.0 Å². The van der Waals surface area contributed by atoms with Crippen molar-refractivity contribution < 1.29 is 94.9 Å². The number of amides is 3. The molecule has 0 aromatic heterocycles. The van der Waals surface area contributed by atoms with E-state index in [0.29, 0.717) is 50.2 Å². The van der Waals surface area contributed by atoms with E-state index in [-0.39, 0.29) is 59.0 Å². The molecule has 24 heteroatoms. The normalized spacial score (nSPS) is 16.9. The lowest BCUT2D eigenvalue weighted by atomic mass is 9.90. The summed E-state index contributed by atoms with van der Waals surface area (Å²) in [4.78, 5) is 121. The van der Waals surface area contributed by atoms with E-state index >= 15 is 4.39 Å². The van der Waals surface area contributed by atoms with Crippen LogP contribution in [0.4, 0.5) is 13.6 Å². The first kappa shape index (κ1) is 82.9. The molecule has 0 unspecified atom stereocenters. The van der Waals surface area contributed by atoms with Crippen molar-refractivity contribution in [2.75, 3.05) is 67.8 Å². The van der Waals surface area contributed by atoms with Crippen LogP contribution < -0.4 is 5.32 Å². The minimum Gasteiger partial charge on any atom is -0.479 e. The Bertz CT molecular complexity index is 3040. The summed E-state index contributed by atoms with van der Waals surface area (Å²) in [6.07, 6.45) is 3.49. The van der Waals surface area contributed by atoms with Crippen molar-refractivity contribution >= 4 is 53.7 Å². The lowest BCUT2D eigenvalue weighted by Crippen LogP contribution is -2.52. The number of nitrogens with zero attached hydrogens (tertiary/aromatic N) is 3. The fourth-order valence-electron chi connectivity index (χ4n) is 11.4. The summed E-state index contributed by atoms with van der Waals surface area (Å²) in [5, 5.41) is 11.8. The molecule has 2 heterocycles. The number of aliphatic carboxylic acids is 1. The van der Waals surface area contributed by atoms with Gasteiger partial charge in [0.05, 0.1) is 0 Å². The van der Waals surface area contributed by atoms with Crippen molar-refractivity contribution in [2.24, 2.45) is 11.8 Å². The second-order valence-corrected chi connectivity index (χ2v) is 27.9. The number of nitrogens with one attached hydrogen (secondary N) is 1. The highest BCUT2D eigenvalue weighted by Crippen LogP contribution is 2.37. The monoisotopic (exact) mass is 1380 g/mol. The van der Waals surface area contributed by atoms with Gasteiger partial charge in [-0.25, -0.2) is 37.5 Å². The number of alkyl halides is 2. The lowest BCUT2D eigenvalue weighted by molar-refractivity contribution is -0.169. The van der Waals surface area contributed by atoms with Crippen molar-refractivity contribution in [3.05, 3.63) is 107 Å². The largest absolute Gasteiger partial charge is 0.479 e. The van der Waals surface area contributed by atoms with Crippen molar-refractivity contribution in [1.29, 1.82) is 0 Å². The first-order valence-electron chi connectivity index (χ1n) is 33.3. The molecule has 22 nitrogen and oxygen atoms in total. The molecule has 546 valence electrons. The standard InChI is InChI=1S/C37H49FN2O8.C35H51FN2O10.2CH4/c1-37(2,38)22-30(39-3)35(43)48-32(21-26-12-14-28(15-13-26)29-16-18-45-19-17-29)34(42)40(4)31(20-25-10-11-25)36(44)47-24-33(41)46-23-27-8-6-5-7-9-27;1-34(2,3)48-33(44)38(7)27(20-35(4,5)36)32(43)47-28(19-23-10-12-24(13-11-23)25-14-16-45-17-15-25)30(41)37(6)26(18-22-8-9-22)31(42)46-21-29(39)40;;/h5-9,12-15,25,29-32,39H,10-11,16-24H2,1-4H3;10-13,22,25-28H,8-9,14-21H2,1-7H3,(H,39,40);2*1H4/t30-,31-,32+;26-,27-,28+;;/m00../s1. The Morgan fingerprint density at radius 2 is 0.949 bits per heavy atom. The Hall–Kier alpha value is -7.57. The number of ether oxygens (including phenoxy) is 8. The van der Waals surface area contributed by atoms with Gasteiger partial charge in [-0.1, -0.05) is 119 Å². The van der Waals surface area contributed by atoms with E-state index in [2.05, 4.69) is 5.32 Å². The minimum atomic E-state index is -1.90. The predicted molar refractivity (Wildman–Crippen MR) is 363 cm³/mol. The highest BCUT2D eigenvalue weighted by molar-refractivity contribution is 5.91. The number of benzene rings is 3. The van der Waals surface area contributed by atoms with Gasteiger partial charge in [0, 0.05) is 73.3 Å². The number of carboxylic acids is 1. The molecule has 0 radical (unpaired) electrons. The van der Waals surface area contributed by atoms with E-state index < -0.39 is 127 Å². The molecular formula is C74H108F2N4O18. The Balaban J connectivity index is 0.000000408. The third-order valence-electron chi connectivity index (χ3n) is 17.3. The maximum atomic E-state index is 15.0. The van der Waals surface area contributed by atoms with Crippen LogP contribution in [0.5, 0.6) is 0 Å². The average Bonchev–Trinajstić information content (AvgIpc) is 1.41. The number of hydrogen-bond donors (Lipinski definition) is 2. The summed E-state index contributed by atoms with van der Waals surface area (Å²) in [7, 11) is 5.68. The molecule has 2 saturated heterocycles. The zero-order chi connectivity index (χ0) is 70.5. The zero-order valence-electron chi connectivity index (χ0n) is 57.6. The number of rotatable bonds is 32. The number of esters is 5. The van der Waals surface area contributed by atoms with Gasteiger partial charge in [-0.15, -0.1) is 0 Å². The van der Waals surface area contributed by atoms with Gasteiger partial charge < -0.3 is 58.1 Å². The van der Waals surface area contributed by atoms with E-state index in [0.717, 1.165) is 77.9 Å². The first-order valence-corrected chi connectivity index (χ1v) is 33.3. The van der Waals surface area contributed by atoms with E-state index in [9.17, 15) is 47.5 Å². The van der Waals surface area contributed by atoms with Gasteiger partial charge in [0.15, 0.2) is 25.4 Å². The van der Waals surface area contributed by atoms with Gasteiger partial charge in [-0.05, 0) is 146 Å². The zero-order valence-corrected chi connectivity index (χ0v) is 57.6. The molecule has 3 aromatic rings. The van der Waals surface area contributed by atoms with Crippen molar-refractivity contribution in [2.45, 2.75) is 225 Å². The molecule has 2 N–H and O–H groups in total.